The third-order valence-electron chi connectivity index (χ3n) is 2.85. The molecule has 0 amide bonds. The normalized spacial score (nSPS) is 10.7. The number of halogens is 1. The van der Waals surface area contributed by atoms with E-state index in [1.54, 1.807) is 18.6 Å². The first kappa shape index (κ1) is 13.0. The molecule has 0 radical (unpaired) electrons. The van der Waals surface area contributed by atoms with Gasteiger partial charge < -0.3 is 4.74 Å². The highest BCUT2D eigenvalue weighted by atomic mass is 79.9. The lowest BCUT2D eigenvalue weighted by Gasteiger charge is -2.08. The van der Waals surface area contributed by atoms with Crippen molar-refractivity contribution in [1.82, 2.24) is 15.0 Å². The Kier molecular flexibility index (Phi) is 3.87. The number of hydrogen-bond acceptors (Lipinski definition) is 4. The van der Waals surface area contributed by atoms with Crippen molar-refractivity contribution in [2.75, 3.05) is 6.61 Å². The van der Waals surface area contributed by atoms with Crippen LogP contribution in [-0.4, -0.2) is 21.6 Å². The molecule has 0 saturated heterocycles. The molecule has 3 aromatic heterocycles. The van der Waals surface area contributed by atoms with E-state index < -0.39 is 0 Å². The van der Waals surface area contributed by atoms with E-state index in [1.807, 2.05) is 30.3 Å². The van der Waals surface area contributed by atoms with E-state index in [0.717, 1.165) is 33.4 Å². The second-order valence-electron chi connectivity index (χ2n) is 4.25. The van der Waals surface area contributed by atoms with Crippen LogP contribution in [0.2, 0.25) is 0 Å². The maximum Gasteiger partial charge on any atom is 0.148 e. The molecule has 0 N–H and O–H groups in total. The fourth-order valence-corrected chi connectivity index (χ4v) is 2.23. The number of pyridine rings is 3. The second-order valence-corrected chi connectivity index (χ2v) is 5.17. The molecule has 0 spiro atoms. The van der Waals surface area contributed by atoms with Crippen molar-refractivity contribution >= 4 is 27.0 Å². The molecule has 0 aliphatic rings. The van der Waals surface area contributed by atoms with E-state index in [-0.39, 0.29) is 0 Å². The van der Waals surface area contributed by atoms with Crippen LogP contribution in [0.15, 0.2) is 53.4 Å². The minimum Gasteiger partial charge on any atom is -0.491 e. The summed E-state index contributed by atoms with van der Waals surface area (Å²) in [5.74, 6) is 0.749. The van der Waals surface area contributed by atoms with Crippen LogP contribution in [0.5, 0.6) is 5.75 Å². The summed E-state index contributed by atoms with van der Waals surface area (Å²) < 4.78 is 6.71. The standard InChI is InChI=1S/C15H12BrN3O/c16-11-9-13-15(19-10-11)14(4-7-18-13)20-8-5-12-3-1-2-6-17-12/h1-4,6-7,9-10H,5,8H2. The molecule has 3 aromatic rings. The van der Waals surface area contributed by atoms with Crippen LogP contribution in [0, 0.1) is 0 Å². The molecule has 3 rings (SSSR count). The summed E-state index contributed by atoms with van der Waals surface area (Å²) in [4.78, 5) is 12.9. The Morgan fingerprint density at radius 2 is 2.00 bits per heavy atom. The van der Waals surface area contributed by atoms with Crippen molar-refractivity contribution in [3.8, 4) is 5.75 Å². The van der Waals surface area contributed by atoms with Crippen molar-refractivity contribution in [2.45, 2.75) is 6.42 Å². The molecule has 0 aliphatic carbocycles. The van der Waals surface area contributed by atoms with Gasteiger partial charge in [-0.2, -0.15) is 0 Å². The van der Waals surface area contributed by atoms with Gasteiger partial charge in [0, 0.05) is 41.2 Å². The van der Waals surface area contributed by atoms with Crippen LogP contribution in [0.4, 0.5) is 0 Å². The second kappa shape index (κ2) is 5.96. The van der Waals surface area contributed by atoms with Crippen LogP contribution in [0.1, 0.15) is 5.69 Å². The van der Waals surface area contributed by atoms with E-state index in [9.17, 15) is 0 Å². The zero-order chi connectivity index (χ0) is 13.8. The Labute approximate surface area is 125 Å². The predicted octanol–water partition coefficient (Wildman–Crippen LogP) is 3.41. The lowest BCUT2D eigenvalue weighted by molar-refractivity contribution is 0.323. The highest BCUT2D eigenvalue weighted by molar-refractivity contribution is 9.10. The summed E-state index contributed by atoms with van der Waals surface area (Å²) in [5.41, 5.74) is 2.60. The minimum atomic E-state index is 0.563. The number of nitrogens with zero attached hydrogens (tertiary/aromatic N) is 3. The first-order chi connectivity index (χ1) is 9.83. The molecule has 100 valence electrons. The zero-order valence-electron chi connectivity index (χ0n) is 10.7. The van der Waals surface area contributed by atoms with E-state index in [1.165, 1.54) is 0 Å². The first-order valence-corrected chi connectivity index (χ1v) is 7.05. The maximum atomic E-state index is 5.81. The molecule has 0 saturated carbocycles. The third-order valence-corrected chi connectivity index (χ3v) is 3.28. The zero-order valence-corrected chi connectivity index (χ0v) is 12.2. The first-order valence-electron chi connectivity index (χ1n) is 6.26. The largest absolute Gasteiger partial charge is 0.491 e. The summed E-state index contributed by atoms with van der Waals surface area (Å²) >= 11 is 3.39. The van der Waals surface area contributed by atoms with Crippen molar-refractivity contribution < 1.29 is 4.74 Å². The minimum absolute atomic E-state index is 0.563. The third kappa shape index (κ3) is 2.93. The van der Waals surface area contributed by atoms with E-state index >= 15 is 0 Å². The molecule has 0 aliphatic heterocycles. The summed E-state index contributed by atoms with van der Waals surface area (Å²) in [6.45, 7) is 0.563. The maximum absolute atomic E-state index is 5.81. The molecular formula is C15H12BrN3O. The number of hydrogen-bond donors (Lipinski definition) is 0. The van der Waals surface area contributed by atoms with Crippen LogP contribution >= 0.6 is 15.9 Å². The van der Waals surface area contributed by atoms with E-state index in [4.69, 9.17) is 4.74 Å². The van der Waals surface area contributed by atoms with Gasteiger partial charge in [0.25, 0.3) is 0 Å². The molecule has 0 aromatic carbocycles. The topological polar surface area (TPSA) is 47.9 Å². The summed E-state index contributed by atoms with van der Waals surface area (Å²) in [5, 5.41) is 0. The van der Waals surface area contributed by atoms with Gasteiger partial charge in [-0.15, -0.1) is 0 Å². The van der Waals surface area contributed by atoms with Gasteiger partial charge in [-0.1, -0.05) is 6.07 Å². The monoisotopic (exact) mass is 329 g/mol. The van der Waals surface area contributed by atoms with Crippen LogP contribution in [0.3, 0.4) is 0 Å². The highest BCUT2D eigenvalue weighted by Gasteiger charge is 2.05. The van der Waals surface area contributed by atoms with E-state index in [0.29, 0.717) is 6.61 Å². The van der Waals surface area contributed by atoms with Gasteiger partial charge in [-0.3, -0.25) is 9.97 Å². The molecule has 0 atom stereocenters. The average Bonchev–Trinajstić information content (AvgIpc) is 2.48. The quantitative estimate of drug-likeness (QED) is 0.736. The Balaban J connectivity index is 1.74. The number of fused-ring (bicyclic) bond motifs is 1. The smallest absolute Gasteiger partial charge is 0.148 e. The van der Waals surface area contributed by atoms with Gasteiger partial charge in [-0.05, 0) is 34.1 Å². The Morgan fingerprint density at radius 1 is 1.05 bits per heavy atom. The SMILES string of the molecule is Brc1cnc2c(OCCc3ccccn3)ccnc2c1. The number of aromatic nitrogens is 3. The van der Waals surface area contributed by atoms with Crippen molar-refractivity contribution in [2.24, 2.45) is 0 Å². The van der Waals surface area contributed by atoms with Gasteiger partial charge in [0.05, 0.1) is 12.1 Å². The molecule has 0 unspecified atom stereocenters. The van der Waals surface area contributed by atoms with E-state index in [2.05, 4.69) is 30.9 Å². The van der Waals surface area contributed by atoms with Gasteiger partial charge in [0.15, 0.2) is 0 Å². The number of ether oxygens (including phenoxy) is 1. The van der Waals surface area contributed by atoms with Gasteiger partial charge in [0.2, 0.25) is 0 Å². The molecule has 0 bridgehead atoms. The molecule has 0 fully saturated rings. The van der Waals surface area contributed by atoms with Crippen molar-refractivity contribution in [3.05, 3.63) is 59.1 Å². The number of rotatable bonds is 4. The summed E-state index contributed by atoms with van der Waals surface area (Å²) in [6.07, 6.45) is 6.03. The predicted molar refractivity (Wildman–Crippen MR) is 80.7 cm³/mol. The van der Waals surface area contributed by atoms with Gasteiger partial charge >= 0.3 is 0 Å². The Morgan fingerprint density at radius 3 is 2.85 bits per heavy atom. The lowest BCUT2D eigenvalue weighted by Crippen LogP contribution is -2.03. The van der Waals surface area contributed by atoms with Gasteiger partial charge in [0.1, 0.15) is 11.3 Å². The molecular weight excluding hydrogens is 318 g/mol. The molecule has 20 heavy (non-hydrogen) atoms. The Hall–Kier alpha value is -2.01. The van der Waals surface area contributed by atoms with Crippen molar-refractivity contribution in [1.29, 1.82) is 0 Å². The van der Waals surface area contributed by atoms with Gasteiger partial charge in [-0.25, -0.2) is 4.98 Å². The van der Waals surface area contributed by atoms with Crippen LogP contribution < -0.4 is 4.74 Å². The Bertz CT molecular complexity index is 719. The molecule has 4 nitrogen and oxygen atoms in total. The summed E-state index contributed by atoms with van der Waals surface area (Å²) in [6, 6.07) is 9.63. The molecule has 3 heterocycles. The average molecular weight is 330 g/mol. The fourth-order valence-electron chi connectivity index (χ4n) is 1.91. The van der Waals surface area contributed by atoms with Crippen LogP contribution in [-0.2, 0) is 6.42 Å². The van der Waals surface area contributed by atoms with Crippen molar-refractivity contribution in [3.63, 3.8) is 0 Å². The molecule has 5 heteroatoms. The lowest BCUT2D eigenvalue weighted by atomic mass is 10.3. The highest BCUT2D eigenvalue weighted by Crippen LogP contribution is 2.23. The van der Waals surface area contributed by atoms with Crippen LogP contribution in [0.25, 0.3) is 11.0 Å². The summed E-state index contributed by atoms with van der Waals surface area (Å²) in [7, 11) is 0. The fraction of sp³-hybridized carbons (Fsp3) is 0.133.